The van der Waals surface area contributed by atoms with Crippen molar-refractivity contribution in [3.05, 3.63) is 69.9 Å². The minimum Gasteiger partial charge on any atom is -0.497 e. The van der Waals surface area contributed by atoms with E-state index in [2.05, 4.69) is 5.32 Å². The molecule has 2 aromatic carbocycles. The summed E-state index contributed by atoms with van der Waals surface area (Å²) in [6, 6.07) is 12.5. The van der Waals surface area contributed by atoms with Crippen molar-refractivity contribution in [3.63, 3.8) is 0 Å². The Bertz CT molecular complexity index is 1050. The van der Waals surface area contributed by atoms with Gasteiger partial charge in [0.05, 0.1) is 23.7 Å². The van der Waals surface area contributed by atoms with E-state index in [9.17, 15) is 19.7 Å². The summed E-state index contributed by atoms with van der Waals surface area (Å²) in [5.41, 5.74) is 1.17. The quantitative estimate of drug-likeness (QED) is 0.260. The first-order chi connectivity index (χ1) is 15.3. The van der Waals surface area contributed by atoms with Crippen molar-refractivity contribution in [2.75, 3.05) is 25.6 Å². The molecule has 32 heavy (non-hydrogen) atoms. The van der Waals surface area contributed by atoms with Crippen LogP contribution < -0.4 is 10.1 Å². The van der Waals surface area contributed by atoms with Crippen LogP contribution in [-0.2, 0) is 14.3 Å². The standard InChI is InChI=1S/C23H25N3O6/c1-15(2)32-13-5-12-25-22(27)20(16-8-10-18(11-9-16)26(29)30)21(23(25)28)24-17-6-4-7-19(14-17)31-3/h4,6-11,14-15,24H,5,12-13H2,1-3H3. The number of nitro benzene ring substituents is 1. The third-order valence-corrected chi connectivity index (χ3v) is 4.85. The molecule has 0 fully saturated rings. The molecule has 0 radical (unpaired) electrons. The number of nitrogens with one attached hydrogen (secondary N) is 1. The Morgan fingerprint density at radius 1 is 1.09 bits per heavy atom. The van der Waals surface area contributed by atoms with E-state index in [0.717, 1.165) is 0 Å². The van der Waals surface area contributed by atoms with Gasteiger partial charge in [0.15, 0.2) is 0 Å². The molecule has 1 aliphatic heterocycles. The summed E-state index contributed by atoms with van der Waals surface area (Å²) in [5, 5.41) is 14.0. The molecule has 0 aromatic heterocycles. The third kappa shape index (κ3) is 5.12. The number of amides is 2. The summed E-state index contributed by atoms with van der Waals surface area (Å²) in [6.07, 6.45) is 0.550. The van der Waals surface area contributed by atoms with Crippen LogP contribution in [0.2, 0.25) is 0 Å². The number of anilines is 1. The fourth-order valence-electron chi connectivity index (χ4n) is 3.30. The Kier molecular flexibility index (Phi) is 7.21. The Labute approximate surface area is 185 Å². The number of hydrogen-bond donors (Lipinski definition) is 1. The fourth-order valence-corrected chi connectivity index (χ4v) is 3.30. The van der Waals surface area contributed by atoms with Crippen molar-refractivity contribution in [3.8, 4) is 5.75 Å². The lowest BCUT2D eigenvalue weighted by Gasteiger charge is -2.16. The number of rotatable bonds is 10. The molecule has 0 aliphatic carbocycles. The van der Waals surface area contributed by atoms with Crippen LogP contribution in [0.3, 0.4) is 0 Å². The van der Waals surface area contributed by atoms with E-state index in [-0.39, 0.29) is 29.6 Å². The number of methoxy groups -OCH3 is 1. The normalized spacial score (nSPS) is 13.8. The lowest BCUT2D eigenvalue weighted by atomic mass is 10.0. The average Bonchev–Trinajstić information content (AvgIpc) is 3.00. The molecule has 0 saturated heterocycles. The molecule has 1 aliphatic rings. The predicted molar refractivity (Wildman–Crippen MR) is 119 cm³/mol. The van der Waals surface area contributed by atoms with Crippen molar-refractivity contribution in [1.82, 2.24) is 4.90 Å². The van der Waals surface area contributed by atoms with E-state index in [1.807, 2.05) is 13.8 Å². The Morgan fingerprint density at radius 2 is 1.81 bits per heavy atom. The molecule has 0 bridgehead atoms. The van der Waals surface area contributed by atoms with E-state index < -0.39 is 16.7 Å². The topological polar surface area (TPSA) is 111 Å². The monoisotopic (exact) mass is 439 g/mol. The van der Waals surface area contributed by atoms with Gasteiger partial charge in [-0.1, -0.05) is 6.07 Å². The summed E-state index contributed by atoms with van der Waals surface area (Å²) in [6.45, 7) is 4.44. The summed E-state index contributed by atoms with van der Waals surface area (Å²) < 4.78 is 10.7. The molecule has 1 heterocycles. The highest BCUT2D eigenvalue weighted by atomic mass is 16.6. The van der Waals surface area contributed by atoms with Crippen LogP contribution in [0.5, 0.6) is 5.75 Å². The van der Waals surface area contributed by atoms with Crippen molar-refractivity contribution in [2.24, 2.45) is 0 Å². The van der Waals surface area contributed by atoms with Crippen LogP contribution >= 0.6 is 0 Å². The van der Waals surface area contributed by atoms with Crippen LogP contribution in [0.1, 0.15) is 25.8 Å². The zero-order valence-electron chi connectivity index (χ0n) is 18.2. The number of imide groups is 1. The Morgan fingerprint density at radius 3 is 2.44 bits per heavy atom. The maximum Gasteiger partial charge on any atom is 0.278 e. The maximum atomic E-state index is 13.2. The largest absolute Gasteiger partial charge is 0.497 e. The van der Waals surface area contributed by atoms with Gasteiger partial charge in [0.2, 0.25) is 0 Å². The van der Waals surface area contributed by atoms with E-state index >= 15 is 0 Å². The van der Waals surface area contributed by atoms with Gasteiger partial charge < -0.3 is 14.8 Å². The molecular formula is C23H25N3O6. The van der Waals surface area contributed by atoms with Crippen LogP contribution in [0.15, 0.2) is 54.2 Å². The first-order valence-corrected chi connectivity index (χ1v) is 10.2. The highest BCUT2D eigenvalue weighted by molar-refractivity contribution is 6.36. The molecule has 168 valence electrons. The molecule has 2 aromatic rings. The van der Waals surface area contributed by atoms with E-state index in [1.54, 1.807) is 24.3 Å². The van der Waals surface area contributed by atoms with Gasteiger partial charge in [-0.3, -0.25) is 24.6 Å². The molecule has 9 nitrogen and oxygen atoms in total. The van der Waals surface area contributed by atoms with Gasteiger partial charge in [-0.2, -0.15) is 0 Å². The summed E-state index contributed by atoms with van der Waals surface area (Å²) in [4.78, 5) is 38.0. The molecule has 2 amide bonds. The Balaban J connectivity index is 1.93. The molecule has 3 rings (SSSR count). The summed E-state index contributed by atoms with van der Waals surface area (Å²) >= 11 is 0. The minimum atomic E-state index is -0.518. The smallest absolute Gasteiger partial charge is 0.278 e. The zero-order valence-corrected chi connectivity index (χ0v) is 18.2. The van der Waals surface area contributed by atoms with Crippen LogP contribution in [0.25, 0.3) is 5.57 Å². The van der Waals surface area contributed by atoms with Gasteiger partial charge in [-0.25, -0.2) is 0 Å². The second-order valence-corrected chi connectivity index (χ2v) is 7.45. The SMILES string of the molecule is COc1cccc(NC2=C(c3ccc([N+](=O)[O-])cc3)C(=O)N(CCCOC(C)C)C2=O)c1. The molecule has 9 heteroatoms. The van der Waals surface area contributed by atoms with Gasteiger partial charge in [0.1, 0.15) is 11.4 Å². The number of non-ortho nitro benzene ring substituents is 1. The van der Waals surface area contributed by atoms with E-state index in [4.69, 9.17) is 9.47 Å². The lowest BCUT2D eigenvalue weighted by Crippen LogP contribution is -2.34. The van der Waals surface area contributed by atoms with E-state index in [0.29, 0.717) is 30.0 Å². The Hall–Kier alpha value is -3.72. The van der Waals surface area contributed by atoms with Gasteiger partial charge in [-0.05, 0) is 50.1 Å². The molecule has 0 saturated carbocycles. The number of ether oxygens (including phenoxy) is 2. The second kappa shape index (κ2) is 10.1. The summed E-state index contributed by atoms with van der Waals surface area (Å²) in [7, 11) is 1.53. The first kappa shape index (κ1) is 23.0. The molecule has 1 N–H and O–H groups in total. The van der Waals surface area contributed by atoms with Crippen LogP contribution in [0.4, 0.5) is 11.4 Å². The number of carbonyl (C=O) groups is 2. The number of nitro groups is 1. The predicted octanol–water partition coefficient (Wildman–Crippen LogP) is 3.61. The molecule has 0 unspecified atom stereocenters. The van der Waals surface area contributed by atoms with Gasteiger partial charge in [0, 0.05) is 37.0 Å². The highest BCUT2D eigenvalue weighted by Gasteiger charge is 2.39. The molecular weight excluding hydrogens is 414 g/mol. The first-order valence-electron chi connectivity index (χ1n) is 10.2. The van der Waals surface area contributed by atoms with Gasteiger partial charge >= 0.3 is 0 Å². The second-order valence-electron chi connectivity index (χ2n) is 7.45. The third-order valence-electron chi connectivity index (χ3n) is 4.85. The average molecular weight is 439 g/mol. The van der Waals surface area contributed by atoms with Gasteiger partial charge in [-0.15, -0.1) is 0 Å². The van der Waals surface area contributed by atoms with Crippen LogP contribution in [-0.4, -0.2) is 48.0 Å². The number of hydrogen-bond acceptors (Lipinski definition) is 7. The van der Waals surface area contributed by atoms with E-state index in [1.165, 1.54) is 36.3 Å². The summed E-state index contributed by atoms with van der Waals surface area (Å²) in [5.74, 6) is -0.332. The maximum absolute atomic E-state index is 13.2. The van der Waals surface area contributed by atoms with Crippen molar-refractivity contribution >= 4 is 28.8 Å². The van der Waals surface area contributed by atoms with Crippen molar-refractivity contribution < 1.29 is 24.0 Å². The molecule has 0 spiro atoms. The molecule has 0 atom stereocenters. The highest BCUT2D eigenvalue weighted by Crippen LogP contribution is 2.32. The number of benzene rings is 2. The zero-order chi connectivity index (χ0) is 23.3. The minimum absolute atomic E-state index is 0.0547. The van der Waals surface area contributed by atoms with Crippen molar-refractivity contribution in [1.29, 1.82) is 0 Å². The number of nitrogens with zero attached hydrogens (tertiary/aromatic N) is 2. The fraction of sp³-hybridized carbons (Fsp3) is 0.304. The lowest BCUT2D eigenvalue weighted by molar-refractivity contribution is -0.384. The van der Waals surface area contributed by atoms with Crippen LogP contribution in [0, 0.1) is 10.1 Å². The number of carbonyl (C=O) groups excluding carboxylic acids is 2. The van der Waals surface area contributed by atoms with Crippen molar-refractivity contribution in [2.45, 2.75) is 26.4 Å². The van der Waals surface area contributed by atoms with Gasteiger partial charge in [0.25, 0.3) is 17.5 Å².